The summed E-state index contributed by atoms with van der Waals surface area (Å²) in [6.07, 6.45) is 1.39. The molecule has 1 fully saturated rings. The van der Waals surface area contributed by atoms with E-state index in [9.17, 15) is 9.59 Å². The largest absolute Gasteiger partial charge is 0.480 e. The lowest BCUT2D eigenvalue weighted by atomic mass is 9.96. The fraction of sp³-hybridized carbons (Fsp3) is 0.529. The highest BCUT2D eigenvalue weighted by molar-refractivity contribution is 5.86. The van der Waals surface area contributed by atoms with Crippen molar-refractivity contribution in [2.75, 3.05) is 19.8 Å². The molecule has 1 amide bonds. The van der Waals surface area contributed by atoms with Crippen LogP contribution in [0.4, 0.5) is 0 Å². The van der Waals surface area contributed by atoms with Gasteiger partial charge in [0, 0.05) is 19.3 Å². The Morgan fingerprint density at radius 1 is 1.36 bits per heavy atom. The molecule has 1 atom stereocenters. The summed E-state index contributed by atoms with van der Waals surface area (Å²) in [5, 5.41) is 9.13. The fourth-order valence-corrected chi connectivity index (χ4v) is 2.86. The molecule has 1 aliphatic rings. The number of hydrogen-bond acceptors (Lipinski definition) is 3. The predicted molar refractivity (Wildman–Crippen MR) is 82.8 cm³/mol. The molecule has 1 aromatic carbocycles. The SMILES string of the molecule is Cc1cccc([C@H](C)C(=O)N(CC(=O)O)C2CCOCC2)c1. The number of carbonyl (C=O) groups excluding carboxylic acids is 1. The second-order valence-corrected chi connectivity index (χ2v) is 5.84. The van der Waals surface area contributed by atoms with Crippen LogP contribution >= 0.6 is 0 Å². The van der Waals surface area contributed by atoms with E-state index in [1.54, 1.807) is 0 Å². The van der Waals surface area contributed by atoms with Crippen LogP contribution in [0.1, 0.15) is 36.8 Å². The van der Waals surface area contributed by atoms with Gasteiger partial charge in [-0.1, -0.05) is 29.8 Å². The molecule has 0 bridgehead atoms. The Morgan fingerprint density at radius 2 is 2.05 bits per heavy atom. The van der Waals surface area contributed by atoms with Crippen LogP contribution in [0.15, 0.2) is 24.3 Å². The standard InChI is InChI=1S/C17H23NO4/c1-12-4-3-5-14(10-12)13(2)17(21)18(11-16(19)20)15-6-8-22-9-7-15/h3-5,10,13,15H,6-9,11H2,1-2H3,(H,19,20)/t13-/m0/s1. The normalized spacial score (nSPS) is 17.0. The van der Waals surface area contributed by atoms with Crippen LogP contribution < -0.4 is 0 Å². The number of carboxylic acid groups (broad SMARTS) is 1. The molecular formula is C17H23NO4. The molecule has 1 heterocycles. The predicted octanol–water partition coefficient (Wildman–Crippen LogP) is 2.19. The van der Waals surface area contributed by atoms with Gasteiger partial charge in [-0.05, 0) is 32.3 Å². The van der Waals surface area contributed by atoms with E-state index in [2.05, 4.69) is 0 Å². The summed E-state index contributed by atoms with van der Waals surface area (Å²) in [5.41, 5.74) is 2.01. The van der Waals surface area contributed by atoms with Crippen molar-refractivity contribution >= 4 is 11.9 Å². The molecule has 120 valence electrons. The van der Waals surface area contributed by atoms with Gasteiger partial charge in [0.05, 0.1) is 5.92 Å². The molecule has 0 aromatic heterocycles. The van der Waals surface area contributed by atoms with Gasteiger partial charge in [0.15, 0.2) is 0 Å². The number of aliphatic carboxylic acids is 1. The minimum absolute atomic E-state index is 0.0513. The summed E-state index contributed by atoms with van der Waals surface area (Å²) in [4.78, 5) is 25.5. The molecule has 0 aliphatic carbocycles. The molecule has 22 heavy (non-hydrogen) atoms. The first-order valence-electron chi connectivity index (χ1n) is 7.65. The van der Waals surface area contributed by atoms with Crippen LogP contribution in [-0.2, 0) is 14.3 Å². The Bertz CT molecular complexity index is 537. The zero-order valence-electron chi connectivity index (χ0n) is 13.1. The molecular weight excluding hydrogens is 282 g/mol. The third-order valence-corrected chi connectivity index (χ3v) is 4.13. The Morgan fingerprint density at radius 3 is 2.64 bits per heavy atom. The van der Waals surface area contributed by atoms with E-state index in [4.69, 9.17) is 9.84 Å². The molecule has 0 unspecified atom stereocenters. The number of aryl methyl sites for hydroxylation is 1. The highest BCUT2D eigenvalue weighted by Crippen LogP contribution is 2.23. The van der Waals surface area contributed by atoms with Gasteiger partial charge in [0.25, 0.3) is 0 Å². The van der Waals surface area contributed by atoms with Crippen LogP contribution in [-0.4, -0.2) is 47.7 Å². The summed E-state index contributed by atoms with van der Waals surface area (Å²) < 4.78 is 5.31. The van der Waals surface area contributed by atoms with Crippen molar-refractivity contribution in [3.05, 3.63) is 35.4 Å². The van der Waals surface area contributed by atoms with E-state index in [0.29, 0.717) is 26.1 Å². The molecule has 0 radical (unpaired) electrons. The van der Waals surface area contributed by atoms with Crippen molar-refractivity contribution in [2.24, 2.45) is 0 Å². The van der Waals surface area contributed by atoms with Crippen molar-refractivity contribution in [2.45, 2.75) is 38.6 Å². The minimum atomic E-state index is -0.976. The summed E-state index contributed by atoms with van der Waals surface area (Å²) in [6, 6.07) is 7.74. The van der Waals surface area contributed by atoms with E-state index < -0.39 is 5.97 Å². The topological polar surface area (TPSA) is 66.8 Å². The Hall–Kier alpha value is -1.88. The van der Waals surface area contributed by atoms with E-state index in [0.717, 1.165) is 11.1 Å². The van der Waals surface area contributed by atoms with Crippen molar-refractivity contribution < 1.29 is 19.4 Å². The summed E-state index contributed by atoms with van der Waals surface area (Å²) in [7, 11) is 0. The average Bonchev–Trinajstić information content (AvgIpc) is 2.52. The highest BCUT2D eigenvalue weighted by atomic mass is 16.5. The van der Waals surface area contributed by atoms with Gasteiger partial charge in [0.1, 0.15) is 6.54 Å². The van der Waals surface area contributed by atoms with Crippen molar-refractivity contribution in [3.63, 3.8) is 0 Å². The van der Waals surface area contributed by atoms with Gasteiger partial charge >= 0.3 is 5.97 Å². The maximum Gasteiger partial charge on any atom is 0.323 e. The van der Waals surface area contributed by atoms with Gasteiger partial charge in [-0.15, -0.1) is 0 Å². The molecule has 5 nitrogen and oxygen atoms in total. The Labute approximate surface area is 130 Å². The van der Waals surface area contributed by atoms with Gasteiger partial charge in [-0.3, -0.25) is 9.59 Å². The van der Waals surface area contributed by atoms with Gasteiger partial charge in [-0.25, -0.2) is 0 Å². The third kappa shape index (κ3) is 4.07. The maximum atomic E-state index is 12.8. The molecule has 1 N–H and O–H groups in total. The van der Waals surface area contributed by atoms with Crippen LogP contribution in [0.5, 0.6) is 0 Å². The number of carbonyl (C=O) groups is 2. The summed E-state index contributed by atoms with van der Waals surface area (Å²) >= 11 is 0. The number of rotatable bonds is 5. The minimum Gasteiger partial charge on any atom is -0.480 e. The second-order valence-electron chi connectivity index (χ2n) is 5.84. The number of ether oxygens (including phenoxy) is 1. The molecule has 1 aromatic rings. The first-order valence-corrected chi connectivity index (χ1v) is 7.65. The summed E-state index contributed by atoms with van der Waals surface area (Å²) in [6.45, 7) is 4.72. The Kier molecular flexibility index (Phi) is 5.55. The van der Waals surface area contributed by atoms with E-state index >= 15 is 0 Å². The van der Waals surface area contributed by atoms with Crippen molar-refractivity contribution in [1.82, 2.24) is 4.90 Å². The van der Waals surface area contributed by atoms with E-state index in [1.165, 1.54) is 4.90 Å². The third-order valence-electron chi connectivity index (χ3n) is 4.13. The van der Waals surface area contributed by atoms with Crippen LogP contribution in [0.25, 0.3) is 0 Å². The summed E-state index contributed by atoms with van der Waals surface area (Å²) in [5.74, 6) is -1.45. The van der Waals surface area contributed by atoms with Crippen LogP contribution in [0, 0.1) is 6.92 Å². The van der Waals surface area contributed by atoms with Gasteiger partial charge in [-0.2, -0.15) is 0 Å². The number of amides is 1. The van der Waals surface area contributed by atoms with E-state index in [-0.39, 0.29) is 24.4 Å². The zero-order valence-corrected chi connectivity index (χ0v) is 13.1. The van der Waals surface area contributed by atoms with Crippen LogP contribution in [0.3, 0.4) is 0 Å². The zero-order chi connectivity index (χ0) is 16.1. The molecule has 1 aliphatic heterocycles. The number of nitrogens with zero attached hydrogens (tertiary/aromatic N) is 1. The van der Waals surface area contributed by atoms with E-state index in [1.807, 2.05) is 38.1 Å². The molecule has 2 rings (SSSR count). The van der Waals surface area contributed by atoms with Crippen molar-refractivity contribution in [1.29, 1.82) is 0 Å². The quantitative estimate of drug-likeness (QED) is 0.905. The second kappa shape index (κ2) is 7.40. The smallest absolute Gasteiger partial charge is 0.323 e. The molecule has 0 saturated carbocycles. The van der Waals surface area contributed by atoms with Crippen molar-refractivity contribution in [3.8, 4) is 0 Å². The van der Waals surface area contributed by atoms with Gasteiger partial charge in [0.2, 0.25) is 5.91 Å². The number of hydrogen-bond donors (Lipinski definition) is 1. The Balaban J connectivity index is 2.18. The first kappa shape index (κ1) is 16.5. The maximum absolute atomic E-state index is 12.8. The number of benzene rings is 1. The average molecular weight is 305 g/mol. The van der Waals surface area contributed by atoms with Gasteiger partial charge < -0.3 is 14.7 Å². The lowest BCUT2D eigenvalue weighted by molar-refractivity contribution is -0.148. The molecule has 1 saturated heterocycles. The lowest BCUT2D eigenvalue weighted by Crippen LogP contribution is -2.47. The molecule has 5 heteroatoms. The van der Waals surface area contributed by atoms with Crippen LogP contribution in [0.2, 0.25) is 0 Å². The monoisotopic (exact) mass is 305 g/mol. The fourth-order valence-electron chi connectivity index (χ4n) is 2.86. The molecule has 0 spiro atoms. The highest BCUT2D eigenvalue weighted by Gasteiger charge is 2.30. The first-order chi connectivity index (χ1) is 10.5. The number of carboxylic acids is 1. The lowest BCUT2D eigenvalue weighted by Gasteiger charge is -2.35.